The lowest BCUT2D eigenvalue weighted by atomic mass is 9.72. The van der Waals surface area contributed by atoms with Crippen molar-refractivity contribution in [2.75, 3.05) is 26.8 Å². The second kappa shape index (κ2) is 6.06. The zero-order valence-electron chi connectivity index (χ0n) is 12.8. The number of ether oxygens (including phenoxy) is 1. The molecule has 1 fully saturated rings. The highest BCUT2D eigenvalue weighted by molar-refractivity contribution is 5.39. The van der Waals surface area contributed by atoms with Gasteiger partial charge in [-0.3, -0.25) is 0 Å². The van der Waals surface area contributed by atoms with Crippen LogP contribution in [0.1, 0.15) is 49.3 Å². The molecule has 0 bridgehead atoms. The number of hydrogen-bond acceptors (Lipinski definition) is 2. The molecule has 1 aliphatic heterocycles. The monoisotopic (exact) mass is 261 g/mol. The van der Waals surface area contributed by atoms with Crippen LogP contribution in [0.15, 0.2) is 18.2 Å². The number of nitrogens with one attached hydrogen (secondary N) is 1. The van der Waals surface area contributed by atoms with E-state index in [9.17, 15) is 0 Å². The summed E-state index contributed by atoms with van der Waals surface area (Å²) in [5, 5.41) is 3.24. The molecule has 2 nitrogen and oxygen atoms in total. The van der Waals surface area contributed by atoms with Gasteiger partial charge in [-0.25, -0.2) is 0 Å². The first-order chi connectivity index (χ1) is 9.09. The van der Waals surface area contributed by atoms with E-state index in [1.807, 2.05) is 7.05 Å². The molecule has 0 aliphatic carbocycles. The maximum absolute atomic E-state index is 5.56. The first kappa shape index (κ1) is 14.5. The van der Waals surface area contributed by atoms with Crippen molar-refractivity contribution in [3.05, 3.63) is 34.9 Å². The molecule has 0 amide bonds. The Morgan fingerprint density at radius 3 is 2.58 bits per heavy atom. The van der Waals surface area contributed by atoms with Gasteiger partial charge < -0.3 is 10.1 Å². The zero-order valence-corrected chi connectivity index (χ0v) is 12.8. The Morgan fingerprint density at radius 2 is 2.05 bits per heavy atom. The molecular weight excluding hydrogens is 234 g/mol. The summed E-state index contributed by atoms with van der Waals surface area (Å²) >= 11 is 0. The highest BCUT2D eigenvalue weighted by atomic mass is 16.5. The Balaban J connectivity index is 2.24. The van der Waals surface area contributed by atoms with Crippen molar-refractivity contribution in [1.82, 2.24) is 5.32 Å². The van der Waals surface area contributed by atoms with Crippen molar-refractivity contribution in [2.45, 2.75) is 44.9 Å². The fraction of sp³-hybridized carbons (Fsp3) is 0.647. The summed E-state index contributed by atoms with van der Waals surface area (Å²) in [4.78, 5) is 0. The summed E-state index contributed by atoms with van der Waals surface area (Å²) in [5.41, 5.74) is 4.64. The Kier molecular flexibility index (Phi) is 4.64. The summed E-state index contributed by atoms with van der Waals surface area (Å²) in [6.45, 7) is 9.62. The van der Waals surface area contributed by atoms with Crippen LogP contribution in [0, 0.1) is 6.92 Å². The minimum atomic E-state index is 0.270. The lowest BCUT2D eigenvalue weighted by Gasteiger charge is -2.43. The van der Waals surface area contributed by atoms with Crippen LogP contribution in [0.5, 0.6) is 0 Å². The lowest BCUT2D eigenvalue weighted by Crippen LogP contribution is -2.47. The third-order valence-corrected chi connectivity index (χ3v) is 4.34. The molecule has 2 rings (SSSR count). The normalized spacial score (nSPS) is 17.5. The minimum absolute atomic E-state index is 0.270. The van der Waals surface area contributed by atoms with Gasteiger partial charge in [0, 0.05) is 5.41 Å². The van der Waals surface area contributed by atoms with Gasteiger partial charge in [-0.15, -0.1) is 0 Å². The number of benzene rings is 1. The van der Waals surface area contributed by atoms with Gasteiger partial charge in [0.1, 0.15) is 0 Å². The van der Waals surface area contributed by atoms with Crippen LogP contribution in [0.3, 0.4) is 0 Å². The fourth-order valence-corrected chi connectivity index (χ4v) is 2.96. The molecule has 1 aromatic carbocycles. The van der Waals surface area contributed by atoms with Crippen LogP contribution >= 0.6 is 0 Å². The van der Waals surface area contributed by atoms with Gasteiger partial charge in [0.2, 0.25) is 0 Å². The standard InChI is InChI=1S/C17H27NO/c1-13(2)15-7-6-14(3)16(10-15)17(11-19-12-17)8-5-9-18-4/h6-7,10,13,18H,5,8-9,11-12H2,1-4H3. The third kappa shape index (κ3) is 3.01. The first-order valence-corrected chi connectivity index (χ1v) is 7.42. The number of hydrogen-bond donors (Lipinski definition) is 1. The molecule has 19 heavy (non-hydrogen) atoms. The molecule has 0 saturated carbocycles. The predicted octanol–water partition coefficient (Wildman–Crippen LogP) is 3.39. The van der Waals surface area contributed by atoms with Crippen LogP contribution in [0.25, 0.3) is 0 Å². The molecule has 1 aromatic rings. The van der Waals surface area contributed by atoms with E-state index in [1.54, 1.807) is 0 Å². The Hall–Kier alpha value is -0.860. The van der Waals surface area contributed by atoms with E-state index < -0.39 is 0 Å². The summed E-state index contributed by atoms with van der Waals surface area (Å²) in [5.74, 6) is 0.592. The van der Waals surface area contributed by atoms with E-state index in [0.29, 0.717) is 5.92 Å². The molecule has 0 aromatic heterocycles. The second-order valence-corrected chi connectivity index (χ2v) is 6.21. The molecule has 0 radical (unpaired) electrons. The summed E-state index contributed by atoms with van der Waals surface area (Å²) in [6, 6.07) is 6.97. The van der Waals surface area contributed by atoms with Crippen molar-refractivity contribution < 1.29 is 4.74 Å². The molecule has 0 spiro atoms. The quantitative estimate of drug-likeness (QED) is 0.793. The van der Waals surface area contributed by atoms with E-state index >= 15 is 0 Å². The van der Waals surface area contributed by atoms with E-state index in [-0.39, 0.29) is 5.41 Å². The molecule has 1 heterocycles. The van der Waals surface area contributed by atoms with Gasteiger partial charge in [-0.2, -0.15) is 0 Å². The van der Waals surface area contributed by atoms with E-state index in [2.05, 4.69) is 44.3 Å². The molecule has 2 heteroatoms. The van der Waals surface area contributed by atoms with Gasteiger partial charge in [-0.05, 0) is 56.0 Å². The molecule has 1 aliphatic rings. The fourth-order valence-electron chi connectivity index (χ4n) is 2.96. The Morgan fingerprint density at radius 1 is 1.32 bits per heavy atom. The first-order valence-electron chi connectivity index (χ1n) is 7.42. The highest BCUT2D eigenvalue weighted by Crippen LogP contribution is 2.39. The summed E-state index contributed by atoms with van der Waals surface area (Å²) < 4.78 is 5.56. The molecule has 0 unspecified atom stereocenters. The van der Waals surface area contributed by atoms with Crippen molar-refractivity contribution >= 4 is 0 Å². The van der Waals surface area contributed by atoms with Crippen molar-refractivity contribution in [2.24, 2.45) is 0 Å². The van der Waals surface area contributed by atoms with Crippen LogP contribution in [0.4, 0.5) is 0 Å². The van der Waals surface area contributed by atoms with Gasteiger partial charge in [-0.1, -0.05) is 32.0 Å². The van der Waals surface area contributed by atoms with E-state index in [4.69, 9.17) is 4.74 Å². The van der Waals surface area contributed by atoms with Gasteiger partial charge in [0.25, 0.3) is 0 Å². The van der Waals surface area contributed by atoms with Crippen molar-refractivity contribution in [1.29, 1.82) is 0 Å². The van der Waals surface area contributed by atoms with Gasteiger partial charge in [0.15, 0.2) is 0 Å². The maximum Gasteiger partial charge on any atom is 0.0585 e. The van der Waals surface area contributed by atoms with Crippen molar-refractivity contribution in [3.8, 4) is 0 Å². The largest absolute Gasteiger partial charge is 0.379 e. The summed E-state index contributed by atoms with van der Waals surface area (Å²) in [6.07, 6.45) is 2.43. The van der Waals surface area contributed by atoms with Gasteiger partial charge in [0.05, 0.1) is 13.2 Å². The third-order valence-electron chi connectivity index (χ3n) is 4.34. The SMILES string of the molecule is CNCCCC1(c2cc(C(C)C)ccc2C)COC1. The van der Waals surface area contributed by atoms with Crippen molar-refractivity contribution in [3.63, 3.8) is 0 Å². The smallest absolute Gasteiger partial charge is 0.0585 e. The lowest BCUT2D eigenvalue weighted by molar-refractivity contribution is -0.0653. The molecule has 1 saturated heterocycles. The maximum atomic E-state index is 5.56. The minimum Gasteiger partial charge on any atom is -0.379 e. The molecular formula is C17H27NO. The van der Waals surface area contributed by atoms with E-state index in [1.165, 1.54) is 29.5 Å². The average molecular weight is 261 g/mol. The zero-order chi connectivity index (χ0) is 13.9. The summed E-state index contributed by atoms with van der Waals surface area (Å²) in [7, 11) is 2.02. The average Bonchev–Trinajstić information content (AvgIpc) is 2.33. The van der Waals surface area contributed by atoms with Crippen LogP contribution in [-0.2, 0) is 10.2 Å². The molecule has 1 N–H and O–H groups in total. The predicted molar refractivity (Wildman–Crippen MR) is 80.9 cm³/mol. The highest BCUT2D eigenvalue weighted by Gasteiger charge is 2.40. The topological polar surface area (TPSA) is 21.3 Å². The van der Waals surface area contributed by atoms with Crippen LogP contribution < -0.4 is 5.32 Å². The van der Waals surface area contributed by atoms with Crippen LogP contribution in [0.2, 0.25) is 0 Å². The number of aryl methyl sites for hydroxylation is 1. The molecule has 106 valence electrons. The van der Waals surface area contributed by atoms with E-state index in [0.717, 1.165) is 19.8 Å². The second-order valence-electron chi connectivity index (χ2n) is 6.21. The Labute approximate surface area is 117 Å². The number of rotatable bonds is 6. The van der Waals surface area contributed by atoms with Gasteiger partial charge >= 0.3 is 0 Å². The Bertz CT molecular complexity index is 421. The molecule has 0 atom stereocenters. The van der Waals surface area contributed by atoms with Crippen LogP contribution in [-0.4, -0.2) is 26.8 Å².